The van der Waals surface area contributed by atoms with Crippen LogP contribution in [-0.2, 0) is 16.0 Å². The fourth-order valence-corrected chi connectivity index (χ4v) is 1.38. The fraction of sp³-hybridized carbons (Fsp3) is 0.462. The molecule has 0 bridgehead atoms. The van der Waals surface area contributed by atoms with Gasteiger partial charge >= 0.3 is 5.97 Å². The van der Waals surface area contributed by atoms with Crippen LogP contribution in [0.1, 0.15) is 26.3 Å². The van der Waals surface area contributed by atoms with Crippen LogP contribution < -0.4 is 5.32 Å². The molecule has 0 unspecified atom stereocenters. The Morgan fingerprint density at radius 1 is 1.44 bits per heavy atom. The van der Waals surface area contributed by atoms with Crippen molar-refractivity contribution in [2.45, 2.75) is 33.3 Å². The minimum Gasteiger partial charge on any atom is -0.462 e. The molecule has 3 nitrogen and oxygen atoms in total. The number of rotatable bonds is 5. The largest absolute Gasteiger partial charge is 0.462 e. The van der Waals surface area contributed by atoms with Crippen molar-refractivity contribution in [3.05, 3.63) is 29.8 Å². The van der Waals surface area contributed by atoms with Crippen LogP contribution in [0.15, 0.2) is 24.3 Å². The smallest absolute Gasteiger partial charge is 0.325 e. The van der Waals surface area contributed by atoms with Gasteiger partial charge in [-0.15, -0.1) is 0 Å². The van der Waals surface area contributed by atoms with Gasteiger partial charge in [-0.05, 0) is 38.0 Å². The Labute approximate surface area is 96.8 Å². The lowest BCUT2D eigenvalue weighted by atomic mass is 10.1. The summed E-state index contributed by atoms with van der Waals surface area (Å²) in [6.07, 6.45) is 0.933. The molecular weight excluding hydrogens is 202 g/mol. The number of benzene rings is 1. The van der Waals surface area contributed by atoms with Crippen LogP contribution in [0.25, 0.3) is 0 Å². The van der Waals surface area contributed by atoms with E-state index in [9.17, 15) is 4.79 Å². The van der Waals surface area contributed by atoms with Crippen LogP contribution in [0, 0.1) is 0 Å². The van der Waals surface area contributed by atoms with Crippen LogP contribution in [0.3, 0.4) is 0 Å². The molecule has 88 valence electrons. The lowest BCUT2D eigenvalue weighted by Crippen LogP contribution is -2.20. The van der Waals surface area contributed by atoms with Crippen molar-refractivity contribution in [2.75, 3.05) is 11.9 Å². The summed E-state index contributed by atoms with van der Waals surface area (Å²) < 4.78 is 5.03. The highest BCUT2D eigenvalue weighted by Crippen LogP contribution is 2.10. The molecule has 0 aliphatic rings. The molecule has 0 atom stereocenters. The summed E-state index contributed by atoms with van der Waals surface area (Å²) in [6, 6.07) is 8.04. The maximum atomic E-state index is 11.3. The lowest BCUT2D eigenvalue weighted by Gasteiger charge is -2.10. The van der Waals surface area contributed by atoms with Crippen molar-refractivity contribution in [3.8, 4) is 0 Å². The van der Waals surface area contributed by atoms with Crippen molar-refractivity contribution < 1.29 is 9.53 Å². The Hall–Kier alpha value is -1.51. The molecular formula is C13H19NO2. The molecule has 0 aliphatic heterocycles. The maximum absolute atomic E-state index is 11.3. The SMILES string of the molecule is CCc1cccc(NCC(=O)OC(C)C)c1. The molecule has 1 aromatic carbocycles. The number of anilines is 1. The van der Waals surface area contributed by atoms with E-state index in [1.165, 1.54) is 5.56 Å². The number of ether oxygens (including phenoxy) is 1. The van der Waals surface area contributed by atoms with Gasteiger partial charge in [0, 0.05) is 5.69 Å². The first-order valence-corrected chi connectivity index (χ1v) is 5.64. The summed E-state index contributed by atoms with van der Waals surface area (Å²) in [4.78, 5) is 11.3. The van der Waals surface area contributed by atoms with Gasteiger partial charge in [0.05, 0.1) is 6.10 Å². The minimum absolute atomic E-state index is 0.0590. The molecule has 16 heavy (non-hydrogen) atoms. The van der Waals surface area contributed by atoms with Crippen LogP contribution >= 0.6 is 0 Å². The van der Waals surface area contributed by atoms with E-state index in [2.05, 4.69) is 18.3 Å². The summed E-state index contributed by atoms with van der Waals surface area (Å²) in [5, 5.41) is 3.05. The minimum atomic E-state index is -0.225. The topological polar surface area (TPSA) is 38.3 Å². The number of carbonyl (C=O) groups is 1. The molecule has 1 rings (SSSR count). The van der Waals surface area contributed by atoms with Crippen molar-refractivity contribution >= 4 is 11.7 Å². The highest BCUT2D eigenvalue weighted by Gasteiger charge is 2.04. The van der Waals surface area contributed by atoms with Gasteiger partial charge in [-0.2, -0.15) is 0 Å². The number of hydrogen-bond acceptors (Lipinski definition) is 3. The Morgan fingerprint density at radius 3 is 2.81 bits per heavy atom. The zero-order valence-electron chi connectivity index (χ0n) is 10.1. The molecule has 0 heterocycles. The summed E-state index contributed by atoms with van der Waals surface area (Å²) >= 11 is 0. The second-order valence-corrected chi connectivity index (χ2v) is 3.95. The number of esters is 1. The molecule has 0 aliphatic carbocycles. The molecule has 0 fully saturated rings. The van der Waals surface area contributed by atoms with Gasteiger partial charge in [-0.3, -0.25) is 4.79 Å². The van der Waals surface area contributed by atoms with Gasteiger partial charge < -0.3 is 10.1 Å². The third-order valence-electron chi connectivity index (χ3n) is 2.14. The summed E-state index contributed by atoms with van der Waals surface area (Å²) in [7, 11) is 0. The van der Waals surface area contributed by atoms with Crippen LogP contribution in [0.5, 0.6) is 0 Å². The second kappa shape index (κ2) is 6.16. The summed E-state index contributed by atoms with van der Waals surface area (Å²) in [5.74, 6) is -0.225. The standard InChI is InChI=1S/C13H19NO2/c1-4-11-6-5-7-12(8-11)14-9-13(15)16-10(2)3/h5-8,10,14H,4,9H2,1-3H3. The predicted octanol–water partition coefficient (Wildman–Crippen LogP) is 2.61. The zero-order chi connectivity index (χ0) is 12.0. The molecule has 0 aromatic heterocycles. The van der Waals surface area contributed by atoms with E-state index in [1.54, 1.807) is 0 Å². The van der Waals surface area contributed by atoms with Gasteiger partial charge in [0.15, 0.2) is 0 Å². The van der Waals surface area contributed by atoms with Crippen molar-refractivity contribution in [1.82, 2.24) is 0 Å². The van der Waals surface area contributed by atoms with E-state index in [0.29, 0.717) is 0 Å². The van der Waals surface area contributed by atoms with Gasteiger partial charge in [-0.25, -0.2) is 0 Å². The molecule has 3 heteroatoms. The van der Waals surface area contributed by atoms with Crippen molar-refractivity contribution in [1.29, 1.82) is 0 Å². The quantitative estimate of drug-likeness (QED) is 0.777. The Bertz CT molecular complexity index is 348. The Balaban J connectivity index is 2.45. The molecule has 0 radical (unpaired) electrons. The Kier molecular flexibility index (Phi) is 4.83. The summed E-state index contributed by atoms with van der Waals surface area (Å²) in [6.45, 7) is 6.00. The maximum Gasteiger partial charge on any atom is 0.325 e. The molecule has 0 amide bonds. The number of aryl methyl sites for hydroxylation is 1. The van der Waals surface area contributed by atoms with E-state index in [1.807, 2.05) is 32.0 Å². The third kappa shape index (κ3) is 4.34. The Morgan fingerprint density at radius 2 is 2.19 bits per heavy atom. The van der Waals surface area contributed by atoms with E-state index in [-0.39, 0.29) is 18.6 Å². The van der Waals surface area contributed by atoms with Crippen LogP contribution in [0.2, 0.25) is 0 Å². The van der Waals surface area contributed by atoms with Gasteiger partial charge in [0.25, 0.3) is 0 Å². The number of hydrogen-bond donors (Lipinski definition) is 1. The molecule has 1 aromatic rings. The summed E-state index contributed by atoms with van der Waals surface area (Å²) in [5.41, 5.74) is 2.21. The average Bonchev–Trinajstić information content (AvgIpc) is 2.26. The normalized spacial score (nSPS) is 10.2. The monoisotopic (exact) mass is 221 g/mol. The van der Waals surface area contributed by atoms with Crippen molar-refractivity contribution in [2.24, 2.45) is 0 Å². The average molecular weight is 221 g/mol. The van der Waals surface area contributed by atoms with Crippen LogP contribution in [0.4, 0.5) is 5.69 Å². The first-order valence-electron chi connectivity index (χ1n) is 5.64. The highest BCUT2D eigenvalue weighted by atomic mass is 16.5. The first kappa shape index (κ1) is 12.6. The fourth-order valence-electron chi connectivity index (χ4n) is 1.38. The highest BCUT2D eigenvalue weighted by molar-refractivity contribution is 5.75. The third-order valence-corrected chi connectivity index (χ3v) is 2.14. The van der Waals surface area contributed by atoms with Crippen molar-refractivity contribution in [3.63, 3.8) is 0 Å². The van der Waals surface area contributed by atoms with E-state index in [0.717, 1.165) is 12.1 Å². The predicted molar refractivity (Wildman–Crippen MR) is 65.5 cm³/mol. The first-order chi connectivity index (χ1) is 7.61. The number of carbonyl (C=O) groups excluding carboxylic acids is 1. The van der Waals surface area contributed by atoms with Gasteiger partial charge in [0.2, 0.25) is 0 Å². The van der Waals surface area contributed by atoms with E-state index >= 15 is 0 Å². The van der Waals surface area contributed by atoms with Gasteiger partial charge in [0.1, 0.15) is 6.54 Å². The van der Waals surface area contributed by atoms with E-state index < -0.39 is 0 Å². The zero-order valence-corrected chi connectivity index (χ0v) is 10.1. The molecule has 0 saturated heterocycles. The molecule has 1 N–H and O–H groups in total. The lowest BCUT2D eigenvalue weighted by molar-refractivity contribution is -0.145. The molecule has 0 saturated carbocycles. The van der Waals surface area contributed by atoms with Crippen LogP contribution in [-0.4, -0.2) is 18.6 Å². The molecule has 0 spiro atoms. The van der Waals surface area contributed by atoms with Gasteiger partial charge in [-0.1, -0.05) is 19.1 Å². The number of nitrogens with one attached hydrogen (secondary N) is 1. The second-order valence-electron chi connectivity index (χ2n) is 3.95. The van der Waals surface area contributed by atoms with E-state index in [4.69, 9.17) is 4.74 Å².